The van der Waals surface area contributed by atoms with Gasteiger partial charge in [0.25, 0.3) is 5.91 Å². The minimum absolute atomic E-state index is 0.0774. The van der Waals surface area contributed by atoms with Crippen LogP contribution < -0.4 is 20.3 Å². The number of benzene rings is 1. The van der Waals surface area contributed by atoms with Gasteiger partial charge in [-0.1, -0.05) is 12.2 Å². The van der Waals surface area contributed by atoms with Crippen molar-refractivity contribution in [3.8, 4) is 11.5 Å². The highest BCUT2D eigenvalue weighted by Gasteiger charge is 2.26. The van der Waals surface area contributed by atoms with E-state index in [1.54, 1.807) is 26.2 Å². The summed E-state index contributed by atoms with van der Waals surface area (Å²) in [6.45, 7) is 3.50. The van der Waals surface area contributed by atoms with E-state index >= 15 is 0 Å². The molecule has 40 heavy (non-hydrogen) atoms. The van der Waals surface area contributed by atoms with Crippen LogP contribution >= 0.6 is 7.82 Å². The van der Waals surface area contributed by atoms with E-state index in [-0.39, 0.29) is 17.6 Å². The van der Waals surface area contributed by atoms with Crippen LogP contribution in [-0.2, 0) is 30.0 Å². The van der Waals surface area contributed by atoms with Gasteiger partial charge < -0.3 is 34.5 Å². The molecule has 1 aliphatic heterocycles. The molecule has 0 radical (unpaired) electrons. The second-order valence-corrected chi connectivity index (χ2v) is 10.7. The SMILES string of the molecule is COc1c2cc(cc1OP(=O)(O)O)NC(=O)/C(C)=C/CC[C@H](OC)[C@@H](OC(N)=O)/C(C)=C/CC[C@@H](OC)CCC2. The van der Waals surface area contributed by atoms with Crippen molar-refractivity contribution in [1.82, 2.24) is 0 Å². The monoisotopic (exact) mass is 584 g/mol. The van der Waals surface area contributed by atoms with E-state index in [4.69, 9.17) is 29.2 Å². The van der Waals surface area contributed by atoms with Crippen molar-refractivity contribution in [3.63, 3.8) is 0 Å². The molecule has 0 spiro atoms. The normalized spacial score (nSPS) is 24.6. The van der Waals surface area contributed by atoms with Crippen molar-refractivity contribution in [3.05, 3.63) is 41.0 Å². The third kappa shape index (κ3) is 10.6. The summed E-state index contributed by atoms with van der Waals surface area (Å²) in [7, 11) is -0.364. The molecular formula is C27H41N2O10P. The number of phosphoric acid groups is 1. The molecule has 13 heteroatoms. The fraction of sp³-hybridized carbons (Fsp3) is 0.556. The predicted molar refractivity (Wildman–Crippen MR) is 149 cm³/mol. The Bertz CT molecular complexity index is 1130. The molecule has 12 nitrogen and oxygen atoms in total. The molecule has 1 aromatic rings. The maximum atomic E-state index is 13.0. The Kier molecular flexibility index (Phi) is 13.1. The number of nitrogens with two attached hydrogens (primary N) is 1. The lowest BCUT2D eigenvalue weighted by Gasteiger charge is -2.26. The third-order valence-electron chi connectivity index (χ3n) is 6.66. The van der Waals surface area contributed by atoms with Crippen LogP contribution in [0.2, 0.25) is 0 Å². The Morgan fingerprint density at radius 2 is 1.75 bits per heavy atom. The van der Waals surface area contributed by atoms with E-state index < -0.39 is 32.0 Å². The fourth-order valence-corrected chi connectivity index (χ4v) is 5.02. The maximum absolute atomic E-state index is 13.0. The number of rotatable bonds is 6. The molecule has 0 aromatic heterocycles. The van der Waals surface area contributed by atoms with Gasteiger partial charge in [0.05, 0.1) is 19.3 Å². The van der Waals surface area contributed by atoms with Gasteiger partial charge in [-0.15, -0.1) is 0 Å². The lowest BCUT2D eigenvalue weighted by atomic mass is 9.98. The second kappa shape index (κ2) is 15.8. The molecule has 1 heterocycles. The van der Waals surface area contributed by atoms with E-state index in [9.17, 15) is 23.9 Å². The first-order valence-electron chi connectivity index (χ1n) is 13.0. The lowest BCUT2D eigenvalue weighted by molar-refractivity contribution is -0.112. The van der Waals surface area contributed by atoms with E-state index in [1.165, 1.54) is 20.3 Å². The van der Waals surface area contributed by atoms with Crippen LogP contribution in [-0.4, -0.2) is 61.4 Å². The number of phosphoric ester groups is 1. The lowest BCUT2D eigenvalue weighted by Crippen LogP contribution is -2.35. The molecule has 0 unspecified atom stereocenters. The summed E-state index contributed by atoms with van der Waals surface area (Å²) in [5, 5.41) is 2.76. The van der Waals surface area contributed by atoms with Crippen LogP contribution in [0.4, 0.5) is 10.5 Å². The largest absolute Gasteiger partial charge is 0.524 e. The number of anilines is 1. The maximum Gasteiger partial charge on any atom is 0.524 e. The minimum atomic E-state index is -4.90. The van der Waals surface area contributed by atoms with E-state index in [0.29, 0.717) is 61.8 Å². The highest BCUT2D eigenvalue weighted by atomic mass is 31.2. The molecule has 0 saturated heterocycles. The zero-order valence-corrected chi connectivity index (χ0v) is 24.6. The number of carbonyl (C=O) groups excluding carboxylic acids is 2. The van der Waals surface area contributed by atoms with Crippen molar-refractivity contribution >= 4 is 25.5 Å². The summed E-state index contributed by atoms with van der Waals surface area (Å²) in [6, 6.07) is 3.01. The van der Waals surface area contributed by atoms with Gasteiger partial charge in [0, 0.05) is 37.1 Å². The zero-order chi connectivity index (χ0) is 29.9. The van der Waals surface area contributed by atoms with Gasteiger partial charge >= 0.3 is 13.9 Å². The summed E-state index contributed by atoms with van der Waals surface area (Å²) in [5.41, 5.74) is 7.45. The van der Waals surface area contributed by atoms with E-state index in [1.807, 2.05) is 13.0 Å². The van der Waals surface area contributed by atoms with Crippen molar-refractivity contribution in [2.75, 3.05) is 26.6 Å². The van der Waals surface area contributed by atoms with Gasteiger partial charge in [-0.3, -0.25) is 14.6 Å². The first-order chi connectivity index (χ1) is 18.9. The number of methoxy groups -OCH3 is 3. The Morgan fingerprint density at radius 3 is 2.35 bits per heavy atom. The van der Waals surface area contributed by atoms with Crippen LogP contribution in [0, 0.1) is 0 Å². The van der Waals surface area contributed by atoms with Gasteiger partial charge in [-0.05, 0) is 70.4 Å². The number of amides is 2. The summed E-state index contributed by atoms with van der Waals surface area (Å²) in [5.74, 6) is -0.410. The minimum Gasteiger partial charge on any atom is -0.493 e. The number of nitrogens with one attached hydrogen (secondary N) is 1. The number of hydrogen-bond acceptors (Lipinski definition) is 8. The molecule has 1 aliphatic rings. The Balaban J connectivity index is 2.46. The zero-order valence-electron chi connectivity index (χ0n) is 23.7. The Morgan fingerprint density at radius 1 is 1.05 bits per heavy atom. The van der Waals surface area contributed by atoms with Crippen molar-refractivity contribution < 1.29 is 47.4 Å². The van der Waals surface area contributed by atoms with Crippen LogP contribution in [0.5, 0.6) is 11.5 Å². The van der Waals surface area contributed by atoms with Crippen LogP contribution in [0.25, 0.3) is 0 Å². The molecule has 1 aromatic carbocycles. The number of ether oxygens (including phenoxy) is 4. The molecule has 0 saturated carbocycles. The first-order valence-corrected chi connectivity index (χ1v) is 14.5. The highest BCUT2D eigenvalue weighted by Crippen LogP contribution is 2.45. The van der Waals surface area contributed by atoms with Gasteiger partial charge in [0.15, 0.2) is 17.6 Å². The number of allylic oxidation sites excluding steroid dienone is 2. The molecule has 0 aliphatic carbocycles. The van der Waals surface area contributed by atoms with E-state index in [0.717, 1.165) is 5.57 Å². The topological polar surface area (TPSA) is 176 Å². The number of fused-ring (bicyclic) bond motifs is 2. The summed E-state index contributed by atoms with van der Waals surface area (Å²) < 4.78 is 38.6. The molecule has 0 fully saturated rings. The Hall–Kier alpha value is -2.89. The van der Waals surface area contributed by atoms with Crippen LogP contribution in [0.3, 0.4) is 0 Å². The number of hydrogen-bond donors (Lipinski definition) is 4. The molecule has 224 valence electrons. The van der Waals surface area contributed by atoms with Crippen molar-refractivity contribution in [2.45, 2.75) is 77.1 Å². The number of primary amides is 1. The molecule has 2 amide bonds. The molecule has 2 rings (SSSR count). The van der Waals surface area contributed by atoms with Crippen LogP contribution in [0.1, 0.15) is 57.9 Å². The van der Waals surface area contributed by atoms with Gasteiger partial charge in [-0.2, -0.15) is 0 Å². The smallest absolute Gasteiger partial charge is 0.493 e. The predicted octanol–water partition coefficient (Wildman–Crippen LogP) is 4.39. The number of carbonyl (C=O) groups is 2. The second-order valence-electron chi connectivity index (χ2n) is 9.57. The molecule has 3 atom stereocenters. The standard InChI is InChI=1S/C27H41N2O10P/c1-17-9-6-12-21(35-3)13-8-11-19-15-20(16-23(25(19)37-5)39-40(32,33)34)29-26(30)18(2)10-7-14-22(36-4)24(17)38-27(28)31/h9-10,15-16,21-22,24H,6-8,11-14H2,1-5H3,(H2,28,31)(H,29,30)(H2,32,33,34)/b17-9+,18-10+/t21-,22+,24+/m1/s1. The first kappa shape index (κ1) is 33.3. The van der Waals surface area contributed by atoms with Crippen LogP contribution in [0.15, 0.2) is 35.4 Å². The third-order valence-corrected chi connectivity index (χ3v) is 7.10. The van der Waals surface area contributed by atoms with E-state index in [2.05, 4.69) is 5.32 Å². The Labute approximate surface area is 235 Å². The van der Waals surface area contributed by atoms with Crippen molar-refractivity contribution in [2.24, 2.45) is 5.73 Å². The van der Waals surface area contributed by atoms with Gasteiger partial charge in [0.2, 0.25) is 0 Å². The average molecular weight is 585 g/mol. The summed E-state index contributed by atoms with van der Waals surface area (Å²) in [6.07, 6.45) is 5.61. The molecule has 5 N–H and O–H groups in total. The highest BCUT2D eigenvalue weighted by molar-refractivity contribution is 7.46. The quantitative estimate of drug-likeness (QED) is 0.277. The summed E-state index contributed by atoms with van der Waals surface area (Å²) in [4.78, 5) is 43.4. The molecule has 2 bridgehead atoms. The van der Waals surface area contributed by atoms with Gasteiger partial charge in [-0.25, -0.2) is 9.36 Å². The number of aryl methyl sites for hydroxylation is 1. The average Bonchev–Trinajstić information content (AvgIpc) is 2.87. The molecular weight excluding hydrogens is 543 g/mol. The summed E-state index contributed by atoms with van der Waals surface area (Å²) >= 11 is 0. The van der Waals surface area contributed by atoms with Crippen molar-refractivity contribution in [1.29, 1.82) is 0 Å². The van der Waals surface area contributed by atoms with Gasteiger partial charge in [0.1, 0.15) is 0 Å². The fourth-order valence-electron chi connectivity index (χ4n) is 4.63.